The Morgan fingerprint density at radius 3 is 1.35 bits per heavy atom. The summed E-state index contributed by atoms with van der Waals surface area (Å²) in [7, 11) is 0. The number of cyclic esters (lactones) is 1. The third-order valence-electron chi connectivity index (χ3n) is 16.8. The van der Waals surface area contributed by atoms with E-state index in [1.165, 1.54) is 5.56 Å². The minimum atomic E-state index is -0.391. The predicted octanol–water partition coefficient (Wildman–Crippen LogP) is 5.23. The highest BCUT2D eigenvalue weighted by atomic mass is 16.5. The molecule has 5 aliphatic rings. The maximum Gasteiger partial charge on any atom is 0.338 e. The zero-order chi connectivity index (χ0) is 66.8. The van der Waals surface area contributed by atoms with Crippen LogP contribution in [0.1, 0.15) is 77.4 Å². The van der Waals surface area contributed by atoms with Gasteiger partial charge in [0, 0.05) is 111 Å². The molecule has 5 aliphatic heterocycles. The molecule has 498 valence electrons. The van der Waals surface area contributed by atoms with Crippen molar-refractivity contribution in [2.24, 2.45) is 0 Å². The molecule has 0 saturated carbocycles. The van der Waals surface area contributed by atoms with Gasteiger partial charge in [0.05, 0.1) is 65.1 Å². The summed E-state index contributed by atoms with van der Waals surface area (Å²) >= 11 is 0. The average Bonchev–Trinajstić information content (AvgIpc) is 1.64. The van der Waals surface area contributed by atoms with Gasteiger partial charge in [-0.05, 0) is 134 Å². The molecule has 14 rings (SSSR count). The van der Waals surface area contributed by atoms with E-state index in [9.17, 15) is 54.0 Å². The number of imidazole rings is 3. The summed E-state index contributed by atoms with van der Waals surface area (Å²) in [6, 6.07) is 33.8. The Balaban J connectivity index is 0.000000138. The van der Waals surface area contributed by atoms with Crippen molar-refractivity contribution in [1.29, 1.82) is 0 Å². The molecule has 0 unspecified atom stereocenters. The first-order chi connectivity index (χ1) is 46.8. The van der Waals surface area contributed by atoms with Crippen molar-refractivity contribution >= 4 is 115 Å². The Hall–Kier alpha value is -10.5. The predicted molar refractivity (Wildman–Crippen MR) is 354 cm³/mol. The van der Waals surface area contributed by atoms with E-state index in [0.29, 0.717) is 152 Å². The van der Waals surface area contributed by atoms with E-state index < -0.39 is 5.97 Å². The Labute approximate surface area is 548 Å². The van der Waals surface area contributed by atoms with Gasteiger partial charge in [0.25, 0.3) is 35.4 Å². The maximum absolute atomic E-state index is 13.0. The Morgan fingerprint density at radius 1 is 0.479 bits per heavy atom. The monoisotopic (exact) mass is 1310 g/mol. The van der Waals surface area contributed by atoms with Gasteiger partial charge in [-0.3, -0.25) is 44.7 Å². The summed E-state index contributed by atoms with van der Waals surface area (Å²) in [5.41, 5.74) is 11.8. The summed E-state index contributed by atoms with van der Waals surface area (Å²) in [5, 5.41) is 49.2. The number of anilines is 7. The normalized spacial score (nSPS) is 15.2. The zero-order valence-electron chi connectivity index (χ0n) is 52.3. The molecule has 28 nitrogen and oxygen atoms in total. The van der Waals surface area contributed by atoms with Gasteiger partial charge in [-0.25, -0.2) is 19.7 Å². The molecule has 9 aromatic rings. The van der Waals surface area contributed by atoms with Crippen LogP contribution >= 0.6 is 0 Å². The van der Waals surface area contributed by atoms with Gasteiger partial charge in [-0.15, -0.1) is 0 Å². The molecule has 6 amide bonds. The van der Waals surface area contributed by atoms with Crippen LogP contribution in [-0.4, -0.2) is 176 Å². The van der Waals surface area contributed by atoms with E-state index >= 15 is 0 Å². The smallest absolute Gasteiger partial charge is 0.338 e. The van der Waals surface area contributed by atoms with Crippen molar-refractivity contribution < 1.29 is 72.9 Å². The van der Waals surface area contributed by atoms with Crippen molar-refractivity contribution in [3.8, 4) is 0 Å². The van der Waals surface area contributed by atoms with E-state index in [1.807, 2.05) is 86.5 Å². The number of esters is 1. The first-order valence-corrected chi connectivity index (χ1v) is 31.6. The number of aliphatic hydroxyl groups excluding tert-OH is 4. The van der Waals surface area contributed by atoms with Crippen LogP contribution in [0, 0.1) is 0 Å². The maximum atomic E-state index is 13.0. The van der Waals surface area contributed by atoms with Crippen LogP contribution in [0.4, 0.5) is 40.6 Å². The first-order valence-electron chi connectivity index (χ1n) is 31.6. The van der Waals surface area contributed by atoms with E-state index in [-0.39, 0.29) is 88.3 Å². The molecule has 0 bridgehead atoms. The summed E-state index contributed by atoms with van der Waals surface area (Å²) in [6.45, 7) is 5.35. The first kappa shape index (κ1) is 65.6. The quantitative estimate of drug-likeness (QED) is 0.0480. The molecule has 8 N–H and O–H groups in total. The number of hydrogen-bond acceptors (Lipinski definition) is 19. The number of hydrogen-bond donors (Lipinski definition) is 8. The molecule has 3 aromatic heterocycles. The molecule has 6 aromatic carbocycles. The van der Waals surface area contributed by atoms with Gasteiger partial charge < -0.3 is 73.1 Å². The number of aliphatic hydroxyl groups is 4. The molecular formula is C68H71N13O15. The number of morpholine rings is 3. The van der Waals surface area contributed by atoms with Crippen LogP contribution in [0.15, 0.2) is 115 Å². The van der Waals surface area contributed by atoms with Crippen LogP contribution in [0.3, 0.4) is 0 Å². The number of carbonyl (C=O) groups excluding carboxylic acids is 7. The van der Waals surface area contributed by atoms with Gasteiger partial charge in [-0.2, -0.15) is 0 Å². The Morgan fingerprint density at radius 2 is 0.917 bits per heavy atom. The number of nitrogens with zero attached hydrogens (tertiary/aromatic N) is 9. The van der Waals surface area contributed by atoms with Crippen LogP contribution in [0.5, 0.6) is 0 Å². The number of aryl methyl sites for hydroxylation is 3. The van der Waals surface area contributed by atoms with Gasteiger partial charge >= 0.3 is 5.97 Å². The second kappa shape index (κ2) is 29.9. The number of ether oxygens (including phenoxy) is 4. The van der Waals surface area contributed by atoms with Crippen molar-refractivity contribution in [3.63, 3.8) is 0 Å². The van der Waals surface area contributed by atoms with Crippen molar-refractivity contribution in [1.82, 2.24) is 28.7 Å². The highest BCUT2D eigenvalue weighted by Crippen LogP contribution is 2.32. The fourth-order valence-corrected chi connectivity index (χ4v) is 11.9. The third-order valence-corrected chi connectivity index (χ3v) is 16.8. The zero-order valence-corrected chi connectivity index (χ0v) is 52.3. The van der Waals surface area contributed by atoms with Gasteiger partial charge in [-0.1, -0.05) is 18.2 Å². The van der Waals surface area contributed by atoms with E-state index in [1.54, 1.807) is 57.2 Å². The minimum absolute atomic E-state index is 0.00592. The van der Waals surface area contributed by atoms with Crippen LogP contribution in [-0.2, 0) is 72.6 Å². The highest BCUT2D eigenvalue weighted by Gasteiger charge is 2.28. The topological polar surface area (TPSA) is 349 Å². The number of carbonyl (C=O) groups is 7. The fraction of sp³-hybridized carbons (Fsp3) is 0.324. The lowest BCUT2D eigenvalue weighted by Gasteiger charge is -2.26. The lowest BCUT2D eigenvalue weighted by molar-refractivity contribution is -0.126. The lowest BCUT2D eigenvalue weighted by Crippen LogP contribution is -2.41. The molecule has 8 heterocycles. The van der Waals surface area contributed by atoms with Crippen LogP contribution in [0.25, 0.3) is 33.1 Å². The second-order valence-electron chi connectivity index (χ2n) is 23.0. The Bertz CT molecular complexity index is 4450. The number of amides is 6. The third kappa shape index (κ3) is 14.4. The molecule has 96 heavy (non-hydrogen) atoms. The fourth-order valence-electron chi connectivity index (χ4n) is 11.9. The SMILES string of the molecule is O=C(Nc1nc2cc(N3CCOCC3=O)ccc2n1CCCO)c1ccc2c(c1)COC2=O.O=C(Nc1nc2cc(N3CCOCC3=O)ccc2n1CCCO)c1ccc2c(c1)NCC2.O=C(Nc1nc2cc(N3CCOCC3=O)ccc2n1CCCO)c1cccc(CO)c1. The van der Waals surface area contributed by atoms with Gasteiger partial charge in [0.1, 0.15) is 26.4 Å². The van der Waals surface area contributed by atoms with Crippen molar-refractivity contribution in [2.45, 2.75) is 58.5 Å². The van der Waals surface area contributed by atoms with E-state index in [0.717, 1.165) is 46.6 Å². The number of rotatable bonds is 19. The Kier molecular flexibility index (Phi) is 20.4. The summed E-state index contributed by atoms with van der Waals surface area (Å²) in [5.74, 6) is -0.569. The molecule has 0 spiro atoms. The second-order valence-corrected chi connectivity index (χ2v) is 23.0. The summed E-state index contributed by atoms with van der Waals surface area (Å²) in [4.78, 5) is 106. The number of benzene rings is 6. The van der Waals surface area contributed by atoms with Crippen LogP contribution in [0.2, 0.25) is 0 Å². The van der Waals surface area contributed by atoms with Crippen molar-refractivity contribution in [3.05, 3.63) is 154 Å². The van der Waals surface area contributed by atoms with Gasteiger partial charge in [0.2, 0.25) is 17.8 Å². The minimum Gasteiger partial charge on any atom is -0.457 e. The molecule has 0 radical (unpaired) electrons. The largest absolute Gasteiger partial charge is 0.457 e. The molecular weight excluding hydrogens is 1240 g/mol. The van der Waals surface area contributed by atoms with Gasteiger partial charge in [0.15, 0.2) is 0 Å². The molecule has 3 saturated heterocycles. The average molecular weight is 1310 g/mol. The van der Waals surface area contributed by atoms with Crippen molar-refractivity contribution in [2.75, 3.05) is 122 Å². The number of aromatic nitrogens is 6. The van der Waals surface area contributed by atoms with E-state index in [2.05, 4.69) is 36.2 Å². The van der Waals surface area contributed by atoms with Crippen LogP contribution < -0.4 is 36.0 Å². The lowest BCUT2D eigenvalue weighted by atomic mass is 10.1. The molecule has 3 fully saturated rings. The molecule has 0 atom stereocenters. The molecule has 28 heteroatoms. The molecule has 0 aliphatic carbocycles. The van der Waals surface area contributed by atoms with E-state index in [4.69, 9.17) is 18.9 Å². The number of nitrogens with one attached hydrogen (secondary N) is 4. The number of fused-ring (bicyclic) bond motifs is 5. The summed E-state index contributed by atoms with van der Waals surface area (Å²) in [6.07, 6.45) is 2.47. The highest BCUT2D eigenvalue weighted by molar-refractivity contribution is 6.08. The standard InChI is InChI=1S/C23H25N5O4.C23H22N4O6.C22H24N4O5/c29-10-1-8-28-20-5-4-17(27-9-11-32-14-21(27)30)13-19(20)25-23(28)26-22(31)16-3-2-15-6-7-24-18(15)12-16;28-8-1-6-27-19-5-3-16(26-7-9-32-13-20(26)29)11-18(19)24-23(27)25-21(30)14-2-4-17-15(10-14)12-33-22(17)31;27-9-2-7-26-19-6-5-17(25-8-10-31-14-20(25)29)12-18(19)23-22(26)24-21(30)16-4-1-3-15(11-16)13-28/h2-5,12-13,24,29H,1,6-11,14H2,(H,25,26,31);2-5,10-11,28H,1,6-9,12-13H2,(H,24,25,30);1,3-6,11-12,27-28H,2,7-10,13-14H2,(H,23,24,30). The summed E-state index contributed by atoms with van der Waals surface area (Å²) < 4.78 is 26.2.